The quantitative estimate of drug-likeness (QED) is 0.606. The number of aliphatic hydroxyl groups is 3. The zero-order valence-corrected chi connectivity index (χ0v) is 9.29. The average Bonchev–Trinajstić information content (AvgIpc) is 2.23. The van der Waals surface area contributed by atoms with E-state index < -0.39 is 5.41 Å². The van der Waals surface area contributed by atoms with Gasteiger partial charge in [-0.15, -0.1) is 0 Å². The molecule has 0 aromatic rings. The number of Topliss-reactive ketones (excluding diaryl/α,β-unsaturated/α-hetero) is 1. The van der Waals surface area contributed by atoms with Crippen molar-refractivity contribution in [3.05, 3.63) is 0 Å². The summed E-state index contributed by atoms with van der Waals surface area (Å²) < 4.78 is 0. The van der Waals surface area contributed by atoms with E-state index in [1.54, 1.807) is 6.92 Å². The Morgan fingerprint density at radius 3 is 1.36 bits per heavy atom. The third-order valence-electron chi connectivity index (χ3n) is 2.25. The Hall–Kier alpha value is -0.450. The van der Waals surface area contributed by atoms with Crippen LogP contribution in [0.25, 0.3) is 0 Å². The smallest absolute Gasteiger partial charge is 0.129 e. The van der Waals surface area contributed by atoms with Crippen LogP contribution in [0.1, 0.15) is 33.6 Å². The Balaban J connectivity index is 0. The Morgan fingerprint density at radius 2 is 1.36 bits per heavy atom. The van der Waals surface area contributed by atoms with Gasteiger partial charge in [-0.3, -0.25) is 0 Å². The molecule has 14 heavy (non-hydrogen) atoms. The number of carbonyl (C=O) groups is 1. The van der Waals surface area contributed by atoms with Gasteiger partial charge in [0.2, 0.25) is 0 Å². The summed E-state index contributed by atoms with van der Waals surface area (Å²) in [7, 11) is 0. The predicted molar refractivity (Wildman–Crippen MR) is 55.0 cm³/mol. The molecule has 3 N–H and O–H groups in total. The highest BCUT2D eigenvalue weighted by atomic mass is 16.3. The monoisotopic (exact) mass is 206 g/mol. The number of hydrogen-bond donors (Lipinski definition) is 3. The van der Waals surface area contributed by atoms with Crippen molar-refractivity contribution in [2.24, 2.45) is 5.41 Å². The van der Waals surface area contributed by atoms with E-state index in [9.17, 15) is 4.79 Å². The summed E-state index contributed by atoms with van der Waals surface area (Å²) in [4.78, 5) is 9.81. The van der Waals surface area contributed by atoms with Crippen LogP contribution in [0.5, 0.6) is 0 Å². The van der Waals surface area contributed by atoms with Gasteiger partial charge < -0.3 is 20.1 Å². The maximum atomic E-state index is 9.81. The minimum Gasteiger partial charge on any atom is -0.396 e. The Morgan fingerprint density at radius 1 is 1.07 bits per heavy atom. The van der Waals surface area contributed by atoms with Crippen molar-refractivity contribution in [3.8, 4) is 0 Å². The Bertz CT molecular complexity index is 124. The van der Waals surface area contributed by atoms with Crippen molar-refractivity contribution in [3.63, 3.8) is 0 Å². The molecule has 0 spiro atoms. The maximum Gasteiger partial charge on any atom is 0.129 e. The summed E-state index contributed by atoms with van der Waals surface area (Å²) in [5.41, 5.74) is -0.667. The van der Waals surface area contributed by atoms with Crippen molar-refractivity contribution >= 4 is 5.78 Å². The first kappa shape index (κ1) is 16.0. The third-order valence-corrected chi connectivity index (χ3v) is 2.25. The molecule has 0 bridgehead atoms. The van der Waals surface area contributed by atoms with Gasteiger partial charge in [-0.1, -0.05) is 13.8 Å². The summed E-state index contributed by atoms with van der Waals surface area (Å²) >= 11 is 0. The molecule has 0 aromatic heterocycles. The van der Waals surface area contributed by atoms with Crippen LogP contribution in [0.2, 0.25) is 0 Å². The molecule has 0 aliphatic rings. The van der Waals surface area contributed by atoms with Crippen molar-refractivity contribution < 1.29 is 20.1 Å². The lowest BCUT2D eigenvalue weighted by molar-refractivity contribution is -0.116. The molecule has 0 saturated heterocycles. The van der Waals surface area contributed by atoms with E-state index in [1.165, 1.54) is 0 Å². The van der Waals surface area contributed by atoms with E-state index in [1.807, 2.05) is 13.8 Å². The molecule has 0 heterocycles. The first-order valence-electron chi connectivity index (χ1n) is 4.83. The number of rotatable bonds is 5. The minimum atomic E-state index is -0.667. The second kappa shape index (κ2) is 9.12. The predicted octanol–water partition coefficient (Wildman–Crippen LogP) is 0.345. The Labute approximate surface area is 85.6 Å². The average molecular weight is 206 g/mol. The molecule has 86 valence electrons. The van der Waals surface area contributed by atoms with Crippen molar-refractivity contribution in [2.45, 2.75) is 33.6 Å². The van der Waals surface area contributed by atoms with E-state index in [0.717, 1.165) is 0 Å². The second-order valence-corrected chi connectivity index (χ2v) is 3.38. The molecule has 0 saturated carbocycles. The van der Waals surface area contributed by atoms with Gasteiger partial charge in [-0.05, 0) is 13.3 Å². The molecule has 0 amide bonds. The molecular formula is C10H22O4. The molecule has 0 fully saturated rings. The van der Waals surface area contributed by atoms with Crippen LogP contribution in [0, 0.1) is 5.41 Å². The maximum absolute atomic E-state index is 9.81. The highest BCUT2D eigenvalue weighted by molar-refractivity contribution is 5.74. The van der Waals surface area contributed by atoms with Crippen LogP contribution in [0.3, 0.4) is 0 Å². The molecule has 0 unspecified atom stereocenters. The van der Waals surface area contributed by atoms with Crippen LogP contribution < -0.4 is 0 Å². The fourth-order valence-electron chi connectivity index (χ4n) is 0.485. The lowest BCUT2D eigenvalue weighted by Crippen LogP contribution is -2.32. The molecule has 0 rings (SSSR count). The second-order valence-electron chi connectivity index (χ2n) is 3.38. The fraction of sp³-hybridized carbons (Fsp3) is 0.900. The third kappa shape index (κ3) is 7.00. The van der Waals surface area contributed by atoms with E-state index in [2.05, 4.69) is 0 Å². The fourth-order valence-corrected chi connectivity index (χ4v) is 0.485. The van der Waals surface area contributed by atoms with Gasteiger partial charge in [-0.25, -0.2) is 0 Å². The van der Waals surface area contributed by atoms with Crippen LogP contribution in [0.15, 0.2) is 0 Å². The van der Waals surface area contributed by atoms with Gasteiger partial charge in [0.15, 0.2) is 0 Å². The van der Waals surface area contributed by atoms with Gasteiger partial charge >= 0.3 is 0 Å². The van der Waals surface area contributed by atoms with E-state index in [0.29, 0.717) is 12.8 Å². The number of aliphatic hydroxyl groups excluding tert-OH is 3. The highest BCUT2D eigenvalue weighted by Crippen LogP contribution is 2.18. The van der Waals surface area contributed by atoms with Gasteiger partial charge in [0.05, 0.1) is 19.8 Å². The SMILES string of the molecule is CCC(C)=O.CCC(CO)(CO)CO. The van der Waals surface area contributed by atoms with Gasteiger partial charge in [0.25, 0.3) is 0 Å². The lowest BCUT2D eigenvalue weighted by Gasteiger charge is -2.24. The minimum absolute atomic E-state index is 0.156. The summed E-state index contributed by atoms with van der Waals surface area (Å²) in [6.45, 7) is 4.79. The lowest BCUT2D eigenvalue weighted by atomic mass is 9.88. The largest absolute Gasteiger partial charge is 0.396 e. The number of ketones is 1. The van der Waals surface area contributed by atoms with Crippen molar-refractivity contribution in [1.82, 2.24) is 0 Å². The van der Waals surface area contributed by atoms with Crippen molar-refractivity contribution in [2.75, 3.05) is 19.8 Å². The summed E-state index contributed by atoms with van der Waals surface area (Å²) in [5, 5.41) is 26.0. The Kier molecular flexibility index (Phi) is 10.4. The molecular weight excluding hydrogens is 184 g/mol. The summed E-state index contributed by atoms with van der Waals surface area (Å²) in [6, 6.07) is 0. The van der Waals surface area contributed by atoms with Crippen LogP contribution in [0.4, 0.5) is 0 Å². The zero-order chi connectivity index (χ0) is 11.6. The van der Waals surface area contributed by atoms with Crippen LogP contribution in [-0.4, -0.2) is 40.9 Å². The number of carbonyl (C=O) groups excluding carboxylic acids is 1. The van der Waals surface area contributed by atoms with Gasteiger partial charge in [-0.2, -0.15) is 0 Å². The van der Waals surface area contributed by atoms with E-state index >= 15 is 0 Å². The summed E-state index contributed by atoms with van der Waals surface area (Å²) in [6.07, 6.45) is 1.26. The van der Waals surface area contributed by atoms with E-state index in [4.69, 9.17) is 15.3 Å². The molecule has 0 atom stereocenters. The molecule has 4 nitrogen and oxygen atoms in total. The summed E-state index contributed by atoms with van der Waals surface area (Å²) in [5.74, 6) is 0.255. The number of hydrogen-bond acceptors (Lipinski definition) is 4. The molecule has 0 aliphatic heterocycles. The first-order valence-corrected chi connectivity index (χ1v) is 4.83. The molecule has 4 heteroatoms. The molecule has 0 aliphatic carbocycles. The topological polar surface area (TPSA) is 77.8 Å². The normalized spacial score (nSPS) is 10.4. The van der Waals surface area contributed by atoms with Crippen molar-refractivity contribution in [1.29, 1.82) is 0 Å². The standard InChI is InChI=1S/C6H14O3.C4H8O/c1-2-6(3-7,4-8)5-9;1-3-4(2)5/h7-9H,2-5H2,1H3;3H2,1-2H3. The van der Waals surface area contributed by atoms with Crippen LogP contribution >= 0.6 is 0 Å². The van der Waals surface area contributed by atoms with Crippen LogP contribution in [-0.2, 0) is 4.79 Å². The first-order chi connectivity index (χ1) is 6.51. The van der Waals surface area contributed by atoms with E-state index in [-0.39, 0.29) is 25.6 Å². The van der Waals surface area contributed by atoms with Gasteiger partial charge in [0, 0.05) is 11.8 Å². The molecule has 0 aromatic carbocycles. The van der Waals surface area contributed by atoms with Gasteiger partial charge in [0.1, 0.15) is 5.78 Å². The molecule has 0 radical (unpaired) electrons. The highest BCUT2D eigenvalue weighted by Gasteiger charge is 2.24. The zero-order valence-electron chi connectivity index (χ0n) is 9.29.